The Morgan fingerprint density at radius 2 is 1.80 bits per heavy atom. The minimum Gasteiger partial charge on any atom is -0.368 e. The molecule has 0 radical (unpaired) electrons. The lowest BCUT2D eigenvalue weighted by atomic mass is 10.0. The van der Waals surface area contributed by atoms with Crippen LogP contribution in [0.15, 0.2) is 23.8 Å². The van der Waals surface area contributed by atoms with Gasteiger partial charge in [0.05, 0.1) is 4.92 Å². The van der Waals surface area contributed by atoms with Gasteiger partial charge in [0.15, 0.2) is 5.11 Å². The molecule has 3 rings (SSSR count). The van der Waals surface area contributed by atoms with Crippen LogP contribution in [0.1, 0.15) is 5.56 Å². The topological polar surface area (TPSA) is 117 Å². The summed E-state index contributed by atoms with van der Waals surface area (Å²) in [6, 6.07) is 4.41. The second-order valence-electron chi connectivity index (χ2n) is 5.53. The molecule has 0 aliphatic carbocycles. The predicted molar refractivity (Wildman–Crippen MR) is 95.0 cm³/mol. The first-order valence-corrected chi connectivity index (χ1v) is 7.99. The number of nitrogens with one attached hydrogen (secondary N) is 3. The van der Waals surface area contributed by atoms with Gasteiger partial charge in [0.25, 0.3) is 17.5 Å². The first-order valence-electron chi connectivity index (χ1n) is 7.58. The van der Waals surface area contributed by atoms with E-state index in [4.69, 9.17) is 12.2 Å². The summed E-state index contributed by atoms with van der Waals surface area (Å²) in [7, 11) is 0. The number of anilines is 1. The number of piperazine rings is 1. The Balaban J connectivity index is 2.05. The van der Waals surface area contributed by atoms with Gasteiger partial charge in [0.2, 0.25) is 0 Å². The van der Waals surface area contributed by atoms with Crippen molar-refractivity contribution in [1.82, 2.24) is 16.0 Å². The smallest absolute Gasteiger partial charge is 0.270 e. The van der Waals surface area contributed by atoms with E-state index in [1.807, 2.05) is 0 Å². The molecule has 0 unspecified atom stereocenters. The first-order chi connectivity index (χ1) is 12.0. The van der Waals surface area contributed by atoms with Crippen LogP contribution in [0.4, 0.5) is 11.4 Å². The molecule has 10 heteroatoms. The number of nitro groups is 1. The number of carbonyl (C=O) groups excluding carboxylic acids is 2. The van der Waals surface area contributed by atoms with Crippen LogP contribution in [0.5, 0.6) is 0 Å². The van der Waals surface area contributed by atoms with E-state index in [2.05, 4.69) is 20.9 Å². The van der Waals surface area contributed by atoms with Crippen molar-refractivity contribution in [3.05, 3.63) is 39.4 Å². The predicted octanol–water partition coefficient (Wildman–Crippen LogP) is -0.0813. The van der Waals surface area contributed by atoms with Gasteiger partial charge in [-0.15, -0.1) is 0 Å². The Labute approximate surface area is 148 Å². The van der Waals surface area contributed by atoms with Gasteiger partial charge in [-0.1, -0.05) is 0 Å². The normalized spacial score (nSPS) is 17.8. The van der Waals surface area contributed by atoms with Crippen molar-refractivity contribution in [3.8, 4) is 0 Å². The third-order valence-electron chi connectivity index (χ3n) is 3.92. The van der Waals surface area contributed by atoms with E-state index < -0.39 is 16.7 Å². The number of benzene rings is 1. The van der Waals surface area contributed by atoms with Crippen molar-refractivity contribution in [2.24, 2.45) is 0 Å². The number of hydrogen-bond donors (Lipinski definition) is 3. The molecule has 1 aromatic rings. The Bertz CT molecular complexity index is 779. The highest BCUT2D eigenvalue weighted by atomic mass is 32.1. The molecule has 0 bridgehead atoms. The van der Waals surface area contributed by atoms with Crippen LogP contribution in [0.2, 0.25) is 0 Å². The maximum Gasteiger partial charge on any atom is 0.270 e. The molecule has 1 aromatic carbocycles. The standard InChI is InChI=1S/C15H15N5O4S/c21-13-11(14(22)18-15(25)17-13)8-9-7-10(20(23)24)1-2-12(9)19-5-3-16-4-6-19/h1-2,7-8,16H,3-6H2,(H2,17,18,21,22,25). The van der Waals surface area contributed by atoms with Gasteiger partial charge in [-0.05, 0) is 24.4 Å². The summed E-state index contributed by atoms with van der Waals surface area (Å²) in [4.78, 5) is 36.7. The van der Waals surface area contributed by atoms with Crippen molar-refractivity contribution in [3.63, 3.8) is 0 Å². The van der Waals surface area contributed by atoms with Crippen LogP contribution < -0.4 is 20.9 Å². The summed E-state index contributed by atoms with van der Waals surface area (Å²) in [5.74, 6) is -1.27. The third kappa shape index (κ3) is 3.64. The van der Waals surface area contributed by atoms with Crippen molar-refractivity contribution in [2.75, 3.05) is 31.1 Å². The van der Waals surface area contributed by atoms with Gasteiger partial charge >= 0.3 is 0 Å². The number of amides is 2. The number of nitrogens with zero attached hydrogens (tertiary/aromatic N) is 2. The Morgan fingerprint density at radius 1 is 1.16 bits per heavy atom. The lowest BCUT2D eigenvalue weighted by Gasteiger charge is -2.30. The van der Waals surface area contributed by atoms with Crippen molar-refractivity contribution in [1.29, 1.82) is 0 Å². The molecule has 2 aliphatic rings. The quantitative estimate of drug-likeness (QED) is 0.227. The molecule has 0 spiro atoms. The minimum atomic E-state index is -0.633. The van der Waals surface area contributed by atoms with Crippen molar-refractivity contribution >= 4 is 46.6 Å². The van der Waals surface area contributed by atoms with Gasteiger partial charge in [0.1, 0.15) is 5.57 Å². The Hall–Kier alpha value is -2.85. The van der Waals surface area contributed by atoms with E-state index in [1.54, 1.807) is 6.07 Å². The number of carbonyl (C=O) groups is 2. The monoisotopic (exact) mass is 361 g/mol. The molecule has 2 aliphatic heterocycles. The fourth-order valence-corrected chi connectivity index (χ4v) is 2.91. The average Bonchev–Trinajstić information content (AvgIpc) is 2.58. The lowest BCUT2D eigenvalue weighted by molar-refractivity contribution is -0.384. The second kappa shape index (κ2) is 6.95. The molecule has 9 nitrogen and oxygen atoms in total. The van der Waals surface area contributed by atoms with Crippen molar-refractivity contribution in [2.45, 2.75) is 0 Å². The van der Waals surface area contributed by atoms with Crippen LogP contribution in [0.25, 0.3) is 6.08 Å². The van der Waals surface area contributed by atoms with Gasteiger partial charge in [-0.2, -0.15) is 0 Å². The minimum absolute atomic E-state index is 0.0616. The molecular formula is C15H15N5O4S. The number of hydrogen-bond acceptors (Lipinski definition) is 7. The summed E-state index contributed by atoms with van der Waals surface area (Å²) in [6.45, 7) is 3.00. The number of thiocarbonyl (C=S) groups is 1. The molecule has 0 aromatic heterocycles. The summed E-state index contributed by atoms with van der Waals surface area (Å²) < 4.78 is 0. The molecule has 2 heterocycles. The van der Waals surface area contributed by atoms with E-state index >= 15 is 0 Å². The summed E-state index contributed by atoms with van der Waals surface area (Å²) in [5, 5.41) is 19.0. The zero-order valence-corrected chi connectivity index (χ0v) is 13.9. The average molecular weight is 361 g/mol. The Morgan fingerprint density at radius 3 is 2.40 bits per heavy atom. The van der Waals surface area contributed by atoms with Crippen LogP contribution in [-0.2, 0) is 9.59 Å². The van der Waals surface area contributed by atoms with Gasteiger partial charge in [-0.25, -0.2) is 0 Å². The van der Waals surface area contributed by atoms with E-state index in [0.717, 1.165) is 31.9 Å². The molecule has 2 amide bonds. The molecule has 0 atom stereocenters. The van der Waals surface area contributed by atoms with Gasteiger partial charge in [-0.3, -0.25) is 30.3 Å². The van der Waals surface area contributed by atoms with E-state index in [0.29, 0.717) is 5.56 Å². The van der Waals surface area contributed by atoms with Crippen LogP contribution >= 0.6 is 12.2 Å². The Kier molecular flexibility index (Phi) is 4.72. The molecule has 25 heavy (non-hydrogen) atoms. The van der Waals surface area contributed by atoms with E-state index in [9.17, 15) is 19.7 Å². The zero-order valence-electron chi connectivity index (χ0n) is 13.1. The van der Waals surface area contributed by atoms with Gasteiger partial charge < -0.3 is 10.2 Å². The van der Waals surface area contributed by atoms with Crippen LogP contribution in [-0.4, -0.2) is 48.0 Å². The highest BCUT2D eigenvalue weighted by Crippen LogP contribution is 2.28. The highest BCUT2D eigenvalue weighted by molar-refractivity contribution is 7.80. The lowest BCUT2D eigenvalue weighted by Crippen LogP contribution is -2.51. The number of rotatable bonds is 3. The SMILES string of the molecule is O=C1NC(=S)NC(=O)C1=Cc1cc([N+](=O)[O-])ccc1N1CCNCC1. The molecule has 2 saturated heterocycles. The molecule has 0 saturated carbocycles. The highest BCUT2D eigenvalue weighted by Gasteiger charge is 2.27. The van der Waals surface area contributed by atoms with Crippen molar-refractivity contribution < 1.29 is 14.5 Å². The number of non-ortho nitro benzene ring substituents is 1. The molecule has 130 valence electrons. The maximum absolute atomic E-state index is 12.0. The summed E-state index contributed by atoms with van der Waals surface area (Å²) in [6.07, 6.45) is 1.36. The van der Waals surface area contributed by atoms with E-state index in [1.165, 1.54) is 18.2 Å². The largest absolute Gasteiger partial charge is 0.368 e. The second-order valence-corrected chi connectivity index (χ2v) is 5.94. The van der Waals surface area contributed by atoms with E-state index in [-0.39, 0.29) is 16.4 Å². The zero-order chi connectivity index (χ0) is 18.0. The fraction of sp³-hybridized carbons (Fsp3) is 0.267. The molecular weight excluding hydrogens is 346 g/mol. The van der Waals surface area contributed by atoms with Crippen LogP contribution in [0.3, 0.4) is 0 Å². The fourth-order valence-electron chi connectivity index (χ4n) is 2.73. The summed E-state index contributed by atoms with van der Waals surface area (Å²) >= 11 is 4.76. The maximum atomic E-state index is 12.0. The number of nitro benzene ring substituents is 1. The third-order valence-corrected chi connectivity index (χ3v) is 4.13. The first kappa shape index (κ1) is 17.0. The molecule has 3 N–H and O–H groups in total. The van der Waals surface area contributed by atoms with Crippen LogP contribution in [0, 0.1) is 10.1 Å². The summed E-state index contributed by atoms with van der Waals surface area (Å²) in [5.41, 5.74) is 0.904. The van der Waals surface area contributed by atoms with Gasteiger partial charge in [0, 0.05) is 49.6 Å². The molecule has 2 fully saturated rings.